The van der Waals surface area contributed by atoms with Crippen LogP contribution in [-0.4, -0.2) is 82.7 Å². The fraction of sp³-hybridized carbons (Fsp3) is 0.370. The maximum absolute atomic E-state index is 12.8. The van der Waals surface area contributed by atoms with Gasteiger partial charge in [-0.25, -0.2) is 9.97 Å². The summed E-state index contributed by atoms with van der Waals surface area (Å²) in [4.78, 5) is 32.7. The smallest absolute Gasteiger partial charge is 0.262 e. The van der Waals surface area contributed by atoms with Crippen LogP contribution in [0, 0.1) is 11.3 Å². The Morgan fingerprint density at radius 3 is 2.56 bits per heavy atom. The summed E-state index contributed by atoms with van der Waals surface area (Å²) in [5, 5.41) is 16.2. The maximum atomic E-state index is 12.8. The molecule has 2 fully saturated rings. The molecule has 0 spiro atoms. The van der Waals surface area contributed by atoms with Gasteiger partial charge in [0.25, 0.3) is 5.91 Å². The number of carbonyl (C=O) groups excluding carboxylic acids is 1. The third-order valence-electron chi connectivity index (χ3n) is 7.04. The monoisotopic (exact) mass is 546 g/mol. The number of nitriles is 1. The Balaban J connectivity index is 1.20. The Morgan fingerprint density at radius 1 is 1.10 bits per heavy atom. The summed E-state index contributed by atoms with van der Waals surface area (Å²) >= 11 is 6.46. The number of piperazine rings is 1. The second-order valence-electron chi connectivity index (χ2n) is 9.80. The summed E-state index contributed by atoms with van der Waals surface area (Å²) < 4.78 is 1.74. The summed E-state index contributed by atoms with van der Waals surface area (Å²) in [6.07, 6.45) is 7.14. The first-order valence-corrected chi connectivity index (χ1v) is 13.3. The van der Waals surface area contributed by atoms with Crippen LogP contribution in [0.1, 0.15) is 12.2 Å². The number of amides is 1. The average molecular weight is 547 g/mol. The van der Waals surface area contributed by atoms with Crippen molar-refractivity contribution >= 4 is 46.7 Å². The highest BCUT2D eigenvalue weighted by molar-refractivity contribution is 6.32. The molecular weight excluding hydrogens is 516 g/mol. The molecule has 4 heterocycles. The van der Waals surface area contributed by atoms with Gasteiger partial charge in [-0.1, -0.05) is 11.6 Å². The first-order chi connectivity index (χ1) is 18.9. The van der Waals surface area contributed by atoms with Gasteiger partial charge in [0, 0.05) is 82.2 Å². The molecule has 3 aromatic rings. The molecule has 11 nitrogen and oxygen atoms in total. The van der Waals surface area contributed by atoms with E-state index in [4.69, 9.17) is 11.6 Å². The number of nitrogens with one attached hydrogen (secondary N) is 2. The molecule has 39 heavy (non-hydrogen) atoms. The molecule has 5 rings (SSSR count). The molecule has 1 aromatic carbocycles. The summed E-state index contributed by atoms with van der Waals surface area (Å²) in [5.74, 6) is 1.16. The standard InChI is InChI=1S/C27H31ClN10O/c1-35-11-13-37(14-12-35)22-5-3-20(4-6-22)33-27-31-17-23(28)25(34-27)38-9-7-21(18-38)32-26(39)19(16-29)15-24-30-8-10-36(24)2/h3-6,8,10,15,17,21H,7,9,11-14,18H2,1-2H3,(H,32,39)(H,31,33,34)/b19-15+/t21-/m1/s1. The van der Waals surface area contributed by atoms with Crippen LogP contribution >= 0.6 is 11.6 Å². The van der Waals surface area contributed by atoms with Crippen molar-refractivity contribution in [2.24, 2.45) is 7.05 Å². The molecule has 0 unspecified atom stereocenters. The quantitative estimate of drug-likeness (QED) is 0.340. The molecule has 2 saturated heterocycles. The van der Waals surface area contributed by atoms with E-state index in [1.54, 1.807) is 30.2 Å². The molecule has 202 valence electrons. The SMILES string of the molecule is CN1CCN(c2ccc(Nc3ncc(Cl)c(N4CC[C@@H](NC(=O)/C(C#N)=C/c5nccn5C)C4)n3)cc2)CC1. The summed E-state index contributed by atoms with van der Waals surface area (Å²) in [5.41, 5.74) is 2.09. The Kier molecular flexibility index (Phi) is 7.95. The summed E-state index contributed by atoms with van der Waals surface area (Å²) in [6.45, 7) is 5.33. The van der Waals surface area contributed by atoms with Crippen LogP contribution in [0.15, 0.2) is 48.4 Å². The van der Waals surface area contributed by atoms with Gasteiger partial charge in [0.05, 0.1) is 6.20 Å². The predicted octanol–water partition coefficient (Wildman–Crippen LogP) is 2.66. The zero-order chi connectivity index (χ0) is 27.4. The number of rotatable bonds is 7. The van der Waals surface area contributed by atoms with E-state index in [1.807, 2.05) is 23.1 Å². The van der Waals surface area contributed by atoms with Crippen LogP contribution in [0.2, 0.25) is 5.02 Å². The minimum Gasteiger partial charge on any atom is -0.369 e. The van der Waals surface area contributed by atoms with Gasteiger partial charge in [-0.2, -0.15) is 10.2 Å². The molecule has 2 aliphatic rings. The molecule has 2 aliphatic heterocycles. The van der Waals surface area contributed by atoms with E-state index in [0.29, 0.717) is 42.1 Å². The lowest BCUT2D eigenvalue weighted by Gasteiger charge is -2.34. The Labute approximate surface area is 232 Å². The first kappa shape index (κ1) is 26.5. The third kappa shape index (κ3) is 6.30. The number of hydrogen-bond acceptors (Lipinski definition) is 9. The Morgan fingerprint density at radius 2 is 1.87 bits per heavy atom. The highest BCUT2D eigenvalue weighted by atomic mass is 35.5. The summed E-state index contributed by atoms with van der Waals surface area (Å²) in [7, 11) is 3.95. The highest BCUT2D eigenvalue weighted by Crippen LogP contribution is 2.28. The lowest BCUT2D eigenvalue weighted by molar-refractivity contribution is -0.117. The molecule has 2 aromatic heterocycles. The first-order valence-electron chi connectivity index (χ1n) is 12.9. The van der Waals surface area contributed by atoms with E-state index in [0.717, 1.165) is 31.9 Å². The number of aromatic nitrogens is 4. The van der Waals surface area contributed by atoms with Gasteiger partial charge in [-0.15, -0.1) is 0 Å². The number of imidazole rings is 1. The second kappa shape index (κ2) is 11.7. The zero-order valence-corrected chi connectivity index (χ0v) is 22.8. The van der Waals surface area contributed by atoms with Crippen LogP contribution in [-0.2, 0) is 11.8 Å². The molecular formula is C27H31ClN10O. The molecule has 0 saturated carbocycles. The van der Waals surface area contributed by atoms with Crippen molar-refractivity contribution in [2.75, 3.05) is 61.4 Å². The van der Waals surface area contributed by atoms with Crippen LogP contribution in [0.4, 0.5) is 23.1 Å². The topological polar surface area (TPSA) is 118 Å². The van der Waals surface area contributed by atoms with Crippen molar-refractivity contribution in [3.63, 3.8) is 0 Å². The van der Waals surface area contributed by atoms with Crippen molar-refractivity contribution in [2.45, 2.75) is 12.5 Å². The van der Waals surface area contributed by atoms with Crippen molar-refractivity contribution < 1.29 is 4.79 Å². The number of benzene rings is 1. The number of likely N-dealkylation sites (N-methyl/N-ethyl adjacent to an activating group) is 1. The van der Waals surface area contributed by atoms with Crippen LogP contribution < -0.4 is 20.4 Å². The van der Waals surface area contributed by atoms with Gasteiger partial charge < -0.3 is 29.9 Å². The van der Waals surface area contributed by atoms with Crippen molar-refractivity contribution in [3.8, 4) is 6.07 Å². The Bertz CT molecular complexity index is 1390. The fourth-order valence-corrected chi connectivity index (χ4v) is 4.93. The molecule has 12 heteroatoms. The largest absolute Gasteiger partial charge is 0.369 e. The van der Waals surface area contributed by atoms with E-state index >= 15 is 0 Å². The van der Waals surface area contributed by atoms with Gasteiger partial charge in [-0.3, -0.25) is 4.79 Å². The fourth-order valence-electron chi connectivity index (χ4n) is 4.72. The lowest BCUT2D eigenvalue weighted by Crippen LogP contribution is -2.44. The average Bonchev–Trinajstić information content (AvgIpc) is 3.57. The molecule has 2 N–H and O–H groups in total. The number of anilines is 4. The molecule has 0 radical (unpaired) electrons. The van der Waals surface area contributed by atoms with Crippen molar-refractivity contribution in [3.05, 3.63) is 59.3 Å². The molecule has 1 atom stereocenters. The third-order valence-corrected chi connectivity index (χ3v) is 7.30. The molecule has 1 amide bonds. The van der Waals surface area contributed by atoms with Gasteiger partial charge in [-0.05, 0) is 37.7 Å². The maximum Gasteiger partial charge on any atom is 0.262 e. The van der Waals surface area contributed by atoms with Gasteiger partial charge in [0.15, 0.2) is 5.82 Å². The van der Waals surface area contributed by atoms with Gasteiger partial charge in [0.1, 0.15) is 22.5 Å². The van der Waals surface area contributed by atoms with Gasteiger partial charge in [0.2, 0.25) is 5.95 Å². The van der Waals surface area contributed by atoms with Crippen molar-refractivity contribution in [1.82, 2.24) is 29.7 Å². The van der Waals surface area contributed by atoms with Crippen LogP contribution in [0.25, 0.3) is 6.08 Å². The van der Waals surface area contributed by atoms with Crippen LogP contribution in [0.3, 0.4) is 0 Å². The highest BCUT2D eigenvalue weighted by Gasteiger charge is 2.28. The second-order valence-corrected chi connectivity index (χ2v) is 10.2. The normalized spacial score (nSPS) is 18.2. The van der Waals surface area contributed by atoms with E-state index in [9.17, 15) is 10.1 Å². The van der Waals surface area contributed by atoms with E-state index < -0.39 is 5.91 Å². The number of hydrogen-bond donors (Lipinski definition) is 2. The van der Waals surface area contributed by atoms with E-state index in [1.165, 1.54) is 11.8 Å². The number of nitrogens with zero attached hydrogens (tertiary/aromatic N) is 8. The minimum atomic E-state index is -0.427. The van der Waals surface area contributed by atoms with Crippen molar-refractivity contribution in [1.29, 1.82) is 5.26 Å². The lowest BCUT2D eigenvalue weighted by atomic mass is 10.2. The predicted molar refractivity (Wildman–Crippen MR) is 152 cm³/mol. The number of carbonyl (C=O) groups is 1. The summed E-state index contributed by atoms with van der Waals surface area (Å²) in [6, 6.07) is 10.1. The van der Waals surface area contributed by atoms with E-state index in [2.05, 4.69) is 54.6 Å². The molecule has 0 bridgehead atoms. The minimum absolute atomic E-state index is 0.00736. The van der Waals surface area contributed by atoms with E-state index in [-0.39, 0.29) is 11.6 Å². The number of halogens is 1. The zero-order valence-electron chi connectivity index (χ0n) is 22.0. The van der Waals surface area contributed by atoms with Gasteiger partial charge >= 0.3 is 0 Å². The molecule has 0 aliphatic carbocycles. The Hall–Kier alpha value is -4.14. The van der Waals surface area contributed by atoms with Crippen LogP contribution in [0.5, 0.6) is 0 Å². The number of aryl methyl sites for hydroxylation is 1.